The molecule has 29 heavy (non-hydrogen) atoms. The van der Waals surface area contributed by atoms with Gasteiger partial charge in [-0.2, -0.15) is 0 Å². The monoisotopic (exact) mass is 406 g/mol. The lowest BCUT2D eigenvalue weighted by atomic mass is 10.0. The van der Waals surface area contributed by atoms with Crippen LogP contribution < -0.4 is 5.32 Å². The molecular formula is C23H23ClN4O. The first-order valence-electron chi connectivity index (χ1n) is 9.93. The maximum atomic E-state index is 6.07. The van der Waals surface area contributed by atoms with Crippen LogP contribution in [0.5, 0.6) is 0 Å². The molecule has 0 saturated carbocycles. The average molecular weight is 407 g/mol. The summed E-state index contributed by atoms with van der Waals surface area (Å²) in [7, 11) is 0. The van der Waals surface area contributed by atoms with Gasteiger partial charge in [0.05, 0.1) is 35.3 Å². The van der Waals surface area contributed by atoms with Gasteiger partial charge in [-0.1, -0.05) is 48.0 Å². The van der Waals surface area contributed by atoms with Crippen molar-refractivity contribution in [1.29, 1.82) is 0 Å². The quantitative estimate of drug-likeness (QED) is 0.840. The number of halogens is 1. The molecule has 3 aliphatic heterocycles. The standard InChI is InChI=1S/C23H23ClN4O/c24-19-7-8-20(25-14-19)23-21(16-27-10-12-29-13-11-27)28-15-18(6-9-22(28)26-23)17-4-2-1-3-5-17/h1-9,14-15,22,26H,10-13,16H2. The third kappa shape index (κ3) is 3.81. The molecule has 0 amide bonds. The number of rotatable bonds is 4. The third-order valence-electron chi connectivity index (χ3n) is 5.50. The number of allylic oxidation sites excluding steroid dienone is 2. The van der Waals surface area contributed by atoms with E-state index in [4.69, 9.17) is 16.3 Å². The summed E-state index contributed by atoms with van der Waals surface area (Å²) in [6.45, 7) is 4.29. The van der Waals surface area contributed by atoms with Gasteiger partial charge in [0, 0.05) is 32.0 Å². The minimum Gasteiger partial charge on any atom is -0.379 e. The van der Waals surface area contributed by atoms with Gasteiger partial charge in [0.15, 0.2) is 0 Å². The number of ether oxygens (including phenoxy) is 1. The molecule has 0 spiro atoms. The third-order valence-corrected chi connectivity index (χ3v) is 5.72. The zero-order chi connectivity index (χ0) is 19.6. The van der Waals surface area contributed by atoms with Crippen molar-refractivity contribution in [2.45, 2.75) is 6.17 Å². The van der Waals surface area contributed by atoms with Gasteiger partial charge in [0.2, 0.25) is 0 Å². The Bertz CT molecular complexity index is 962. The molecule has 6 heteroatoms. The highest BCUT2D eigenvalue weighted by Crippen LogP contribution is 2.33. The number of morpholine rings is 1. The molecule has 2 aromatic rings. The SMILES string of the molecule is Clc1ccc(C2=C(CN3CCOCC3)N3C=C(c4ccccc4)C=CC3N2)nc1. The van der Waals surface area contributed by atoms with E-state index in [1.165, 1.54) is 16.8 Å². The van der Waals surface area contributed by atoms with Crippen molar-refractivity contribution in [3.8, 4) is 0 Å². The molecule has 0 bridgehead atoms. The summed E-state index contributed by atoms with van der Waals surface area (Å²) in [6.07, 6.45) is 8.44. The molecule has 1 saturated heterocycles. The van der Waals surface area contributed by atoms with Crippen molar-refractivity contribution in [3.63, 3.8) is 0 Å². The maximum absolute atomic E-state index is 6.07. The van der Waals surface area contributed by atoms with Crippen LogP contribution in [0.25, 0.3) is 11.3 Å². The molecule has 0 aliphatic carbocycles. The van der Waals surface area contributed by atoms with Crippen LogP contribution in [-0.4, -0.2) is 53.8 Å². The fourth-order valence-electron chi connectivity index (χ4n) is 3.96. The number of nitrogens with one attached hydrogen (secondary N) is 1. The summed E-state index contributed by atoms with van der Waals surface area (Å²) in [6, 6.07) is 14.4. The molecule has 3 aliphatic rings. The van der Waals surface area contributed by atoms with Crippen LogP contribution in [0, 0.1) is 0 Å². The lowest BCUT2D eigenvalue weighted by Gasteiger charge is -2.32. The Hall–Kier alpha value is -2.60. The summed E-state index contributed by atoms with van der Waals surface area (Å²) < 4.78 is 5.53. The van der Waals surface area contributed by atoms with E-state index in [2.05, 4.69) is 62.7 Å². The second-order valence-electron chi connectivity index (χ2n) is 7.38. The first kappa shape index (κ1) is 18.4. The Morgan fingerprint density at radius 1 is 1.10 bits per heavy atom. The molecule has 1 atom stereocenters. The van der Waals surface area contributed by atoms with E-state index in [9.17, 15) is 0 Å². The summed E-state index contributed by atoms with van der Waals surface area (Å²) in [5, 5.41) is 4.30. The smallest absolute Gasteiger partial charge is 0.123 e. The van der Waals surface area contributed by atoms with Gasteiger partial charge in [-0.25, -0.2) is 0 Å². The zero-order valence-electron chi connectivity index (χ0n) is 16.1. The summed E-state index contributed by atoms with van der Waals surface area (Å²) in [5.74, 6) is 0. The van der Waals surface area contributed by atoms with Gasteiger partial charge in [-0.15, -0.1) is 0 Å². The van der Waals surface area contributed by atoms with E-state index >= 15 is 0 Å². The molecule has 1 aromatic heterocycles. The van der Waals surface area contributed by atoms with Gasteiger partial charge in [-0.3, -0.25) is 9.88 Å². The fraction of sp³-hybridized carbons (Fsp3) is 0.261. The zero-order valence-corrected chi connectivity index (χ0v) is 16.8. The molecule has 1 aromatic carbocycles. The van der Waals surface area contributed by atoms with E-state index < -0.39 is 0 Å². The highest BCUT2D eigenvalue weighted by Gasteiger charge is 2.33. The highest BCUT2D eigenvalue weighted by atomic mass is 35.5. The molecular weight excluding hydrogens is 384 g/mol. The number of benzene rings is 1. The number of hydrogen-bond donors (Lipinski definition) is 1. The summed E-state index contributed by atoms with van der Waals surface area (Å²) >= 11 is 6.07. The second-order valence-corrected chi connectivity index (χ2v) is 7.81. The molecule has 1 N–H and O–H groups in total. The van der Waals surface area contributed by atoms with Crippen molar-refractivity contribution < 1.29 is 4.74 Å². The van der Waals surface area contributed by atoms with Crippen molar-refractivity contribution in [3.05, 3.63) is 89.0 Å². The summed E-state index contributed by atoms with van der Waals surface area (Å²) in [5.41, 5.74) is 5.62. The molecule has 1 unspecified atom stereocenters. The lowest BCUT2D eigenvalue weighted by molar-refractivity contribution is 0.0401. The molecule has 1 fully saturated rings. The Labute approximate surface area is 175 Å². The van der Waals surface area contributed by atoms with E-state index in [0.717, 1.165) is 44.2 Å². The molecule has 4 heterocycles. The topological polar surface area (TPSA) is 40.6 Å². The minimum absolute atomic E-state index is 0.0889. The first-order chi connectivity index (χ1) is 14.3. The molecule has 5 rings (SSSR count). The van der Waals surface area contributed by atoms with Crippen molar-refractivity contribution >= 4 is 22.9 Å². The van der Waals surface area contributed by atoms with Crippen LogP contribution in [-0.2, 0) is 4.74 Å². The van der Waals surface area contributed by atoms with Crippen LogP contribution in [0.15, 0.2) is 72.7 Å². The van der Waals surface area contributed by atoms with Gasteiger partial charge < -0.3 is 15.0 Å². The van der Waals surface area contributed by atoms with Crippen LogP contribution in [0.2, 0.25) is 5.02 Å². The predicted molar refractivity (Wildman–Crippen MR) is 116 cm³/mol. The normalized spacial score (nSPS) is 21.8. The summed E-state index contributed by atoms with van der Waals surface area (Å²) in [4.78, 5) is 9.35. The number of fused-ring (bicyclic) bond motifs is 1. The number of nitrogens with zero attached hydrogens (tertiary/aromatic N) is 3. The predicted octanol–water partition coefficient (Wildman–Crippen LogP) is 3.58. The fourth-order valence-corrected chi connectivity index (χ4v) is 4.07. The number of pyridine rings is 1. The van der Waals surface area contributed by atoms with Crippen LogP contribution in [0.1, 0.15) is 11.3 Å². The van der Waals surface area contributed by atoms with Gasteiger partial charge in [0.25, 0.3) is 0 Å². The van der Waals surface area contributed by atoms with Gasteiger partial charge in [-0.05, 0) is 29.3 Å². The maximum Gasteiger partial charge on any atom is 0.123 e. The lowest BCUT2D eigenvalue weighted by Crippen LogP contribution is -2.40. The van der Waals surface area contributed by atoms with E-state index in [1.807, 2.05) is 18.2 Å². The van der Waals surface area contributed by atoms with Gasteiger partial charge >= 0.3 is 0 Å². The Balaban J connectivity index is 1.52. The minimum atomic E-state index is 0.0889. The van der Waals surface area contributed by atoms with Crippen molar-refractivity contribution in [2.24, 2.45) is 0 Å². The first-order valence-corrected chi connectivity index (χ1v) is 10.3. The molecule has 148 valence electrons. The Morgan fingerprint density at radius 2 is 1.93 bits per heavy atom. The second kappa shape index (κ2) is 8.03. The van der Waals surface area contributed by atoms with E-state index in [1.54, 1.807) is 6.20 Å². The number of hydrogen-bond acceptors (Lipinski definition) is 5. The van der Waals surface area contributed by atoms with Crippen LogP contribution in [0.4, 0.5) is 0 Å². The van der Waals surface area contributed by atoms with E-state index in [0.29, 0.717) is 5.02 Å². The largest absolute Gasteiger partial charge is 0.379 e. The highest BCUT2D eigenvalue weighted by molar-refractivity contribution is 6.30. The van der Waals surface area contributed by atoms with E-state index in [-0.39, 0.29) is 6.17 Å². The average Bonchev–Trinajstić information content (AvgIpc) is 3.13. The van der Waals surface area contributed by atoms with Crippen molar-refractivity contribution in [2.75, 3.05) is 32.8 Å². The molecule has 5 nitrogen and oxygen atoms in total. The van der Waals surface area contributed by atoms with Crippen molar-refractivity contribution in [1.82, 2.24) is 20.1 Å². The Morgan fingerprint density at radius 3 is 2.69 bits per heavy atom. The van der Waals surface area contributed by atoms with Crippen LogP contribution >= 0.6 is 11.6 Å². The van der Waals surface area contributed by atoms with Gasteiger partial charge in [0.1, 0.15) is 6.17 Å². The number of aromatic nitrogens is 1. The Kier molecular flexibility index (Phi) is 5.10. The molecule has 0 radical (unpaired) electrons. The van der Waals surface area contributed by atoms with Crippen LogP contribution in [0.3, 0.4) is 0 Å².